The van der Waals surface area contributed by atoms with E-state index in [1.807, 2.05) is 38.1 Å². The molecule has 1 unspecified atom stereocenters. The fourth-order valence-corrected chi connectivity index (χ4v) is 3.10. The molecule has 0 N–H and O–H groups in total. The van der Waals surface area contributed by atoms with Gasteiger partial charge in [0, 0.05) is 19.6 Å². The lowest BCUT2D eigenvalue weighted by molar-refractivity contribution is -0.157. The molecule has 7 nitrogen and oxygen atoms in total. The zero-order chi connectivity index (χ0) is 17.0. The van der Waals surface area contributed by atoms with Crippen LogP contribution in [0.1, 0.15) is 13.8 Å². The van der Waals surface area contributed by atoms with E-state index in [9.17, 15) is 4.79 Å². The second kappa shape index (κ2) is 7.27. The van der Waals surface area contributed by atoms with Gasteiger partial charge in [0.15, 0.2) is 0 Å². The molecule has 2 heterocycles. The molecule has 1 aromatic carbocycles. The average molecular weight is 332 g/mol. The summed E-state index contributed by atoms with van der Waals surface area (Å²) in [6, 6.07) is 7.77. The summed E-state index contributed by atoms with van der Waals surface area (Å²) >= 11 is 0. The molecule has 1 fully saturated rings. The minimum atomic E-state index is -0.691. The van der Waals surface area contributed by atoms with Gasteiger partial charge < -0.3 is 9.47 Å². The Kier molecular flexibility index (Phi) is 5.11. The molecule has 0 amide bonds. The number of hydrogen-bond acceptors (Lipinski definition) is 6. The lowest BCUT2D eigenvalue weighted by Gasteiger charge is -2.35. The van der Waals surface area contributed by atoms with Crippen LogP contribution in [0.5, 0.6) is 0 Å². The van der Waals surface area contributed by atoms with Crippen LogP contribution in [0.4, 0.5) is 0 Å². The van der Waals surface area contributed by atoms with Crippen LogP contribution in [0.25, 0.3) is 11.0 Å². The highest BCUT2D eigenvalue weighted by Gasteiger charge is 2.38. The minimum Gasteiger partial charge on any atom is -0.465 e. The molecule has 1 aliphatic heterocycles. The van der Waals surface area contributed by atoms with Crippen LogP contribution in [0.3, 0.4) is 0 Å². The Hall–Kier alpha value is -1.99. The van der Waals surface area contributed by atoms with E-state index >= 15 is 0 Å². The molecule has 1 aliphatic rings. The lowest BCUT2D eigenvalue weighted by atomic mass is 9.89. The third-order valence-corrected chi connectivity index (χ3v) is 4.36. The maximum absolute atomic E-state index is 12.7. The Morgan fingerprint density at radius 1 is 1.29 bits per heavy atom. The van der Waals surface area contributed by atoms with E-state index in [0.717, 1.165) is 24.1 Å². The second-order valence-corrected chi connectivity index (χ2v) is 6.41. The van der Waals surface area contributed by atoms with Crippen LogP contribution >= 0.6 is 0 Å². The summed E-state index contributed by atoms with van der Waals surface area (Å²) in [5, 5.41) is 8.41. The molecule has 3 rings (SSSR count). The van der Waals surface area contributed by atoms with Crippen LogP contribution in [-0.4, -0.2) is 65.3 Å². The molecule has 0 spiro atoms. The fourth-order valence-electron chi connectivity index (χ4n) is 3.10. The number of fused-ring (bicyclic) bond motifs is 1. The number of esters is 1. The number of hydrogen-bond donors (Lipinski definition) is 0. The Balaban J connectivity index is 1.84. The summed E-state index contributed by atoms with van der Waals surface area (Å²) in [4.78, 5) is 14.9. The number of carbonyl (C=O) groups excluding carboxylic acids is 1. The molecular formula is C17H24N4O3. The number of carbonyl (C=O) groups is 1. The van der Waals surface area contributed by atoms with E-state index < -0.39 is 5.41 Å². The fraction of sp³-hybridized carbons (Fsp3) is 0.588. The van der Waals surface area contributed by atoms with Gasteiger partial charge in [0.05, 0.1) is 37.3 Å². The highest BCUT2D eigenvalue weighted by atomic mass is 16.5. The van der Waals surface area contributed by atoms with Gasteiger partial charge in [-0.05, 0) is 26.0 Å². The standard InChI is InChI=1S/C17H24N4O3/c1-3-24-16(22)17(2,12-20-8-10-23-11-9-20)13-21-15-7-5-4-6-14(15)18-19-21/h4-7H,3,8-13H2,1-2H3. The van der Waals surface area contributed by atoms with Gasteiger partial charge in [-0.1, -0.05) is 17.3 Å². The summed E-state index contributed by atoms with van der Waals surface area (Å²) in [5.41, 5.74) is 1.06. The number of benzene rings is 1. The average Bonchev–Trinajstić information content (AvgIpc) is 2.99. The third-order valence-electron chi connectivity index (χ3n) is 4.36. The highest BCUT2D eigenvalue weighted by Crippen LogP contribution is 2.25. The summed E-state index contributed by atoms with van der Waals surface area (Å²) in [6.45, 7) is 8.24. The maximum atomic E-state index is 12.7. The molecule has 0 aliphatic carbocycles. The van der Waals surface area contributed by atoms with Gasteiger partial charge in [-0.25, -0.2) is 4.68 Å². The van der Waals surface area contributed by atoms with Crippen molar-refractivity contribution in [2.24, 2.45) is 5.41 Å². The Bertz CT molecular complexity index is 696. The first-order chi connectivity index (χ1) is 11.6. The quantitative estimate of drug-likeness (QED) is 0.744. The minimum absolute atomic E-state index is 0.198. The first-order valence-electron chi connectivity index (χ1n) is 8.38. The van der Waals surface area contributed by atoms with Crippen molar-refractivity contribution in [3.8, 4) is 0 Å². The zero-order valence-electron chi connectivity index (χ0n) is 14.3. The monoisotopic (exact) mass is 332 g/mol. The molecule has 0 bridgehead atoms. The van der Waals surface area contributed by atoms with Gasteiger partial charge in [0.1, 0.15) is 5.52 Å². The number of para-hydroxylation sites is 1. The predicted octanol–water partition coefficient (Wildman–Crippen LogP) is 1.33. The molecule has 1 aromatic heterocycles. The Labute approximate surface area is 141 Å². The van der Waals surface area contributed by atoms with E-state index in [4.69, 9.17) is 9.47 Å². The smallest absolute Gasteiger partial charge is 0.314 e. The van der Waals surface area contributed by atoms with Crippen molar-refractivity contribution in [2.45, 2.75) is 20.4 Å². The first-order valence-corrected chi connectivity index (χ1v) is 8.38. The maximum Gasteiger partial charge on any atom is 0.314 e. The van der Waals surface area contributed by atoms with Crippen LogP contribution in [0.15, 0.2) is 24.3 Å². The molecule has 24 heavy (non-hydrogen) atoms. The van der Waals surface area contributed by atoms with Crippen molar-refractivity contribution in [1.29, 1.82) is 0 Å². The molecule has 1 saturated heterocycles. The van der Waals surface area contributed by atoms with Crippen LogP contribution < -0.4 is 0 Å². The first kappa shape index (κ1) is 16.9. The van der Waals surface area contributed by atoms with Crippen molar-refractivity contribution >= 4 is 17.0 Å². The second-order valence-electron chi connectivity index (χ2n) is 6.41. The molecule has 7 heteroatoms. The molecule has 130 valence electrons. The van der Waals surface area contributed by atoms with Crippen molar-refractivity contribution in [1.82, 2.24) is 19.9 Å². The van der Waals surface area contributed by atoms with Crippen molar-refractivity contribution < 1.29 is 14.3 Å². The molecular weight excluding hydrogens is 308 g/mol. The third kappa shape index (κ3) is 3.57. The van der Waals surface area contributed by atoms with Gasteiger partial charge in [-0.15, -0.1) is 5.10 Å². The Morgan fingerprint density at radius 2 is 2.04 bits per heavy atom. The number of rotatable bonds is 6. The number of morpholine rings is 1. The number of ether oxygens (including phenoxy) is 2. The lowest BCUT2D eigenvalue weighted by Crippen LogP contribution is -2.48. The van der Waals surface area contributed by atoms with E-state index in [-0.39, 0.29) is 5.97 Å². The van der Waals surface area contributed by atoms with Crippen LogP contribution in [0, 0.1) is 5.41 Å². The molecule has 0 radical (unpaired) electrons. The van der Waals surface area contributed by atoms with E-state index in [1.165, 1.54) is 0 Å². The van der Waals surface area contributed by atoms with Crippen LogP contribution in [-0.2, 0) is 20.8 Å². The van der Waals surface area contributed by atoms with Crippen molar-refractivity contribution in [2.75, 3.05) is 39.5 Å². The van der Waals surface area contributed by atoms with Gasteiger partial charge in [0.2, 0.25) is 0 Å². The molecule has 2 aromatic rings. The van der Waals surface area contributed by atoms with Gasteiger partial charge >= 0.3 is 5.97 Å². The Morgan fingerprint density at radius 3 is 2.79 bits per heavy atom. The van der Waals surface area contributed by atoms with Crippen LogP contribution in [0.2, 0.25) is 0 Å². The zero-order valence-corrected chi connectivity index (χ0v) is 14.3. The normalized spacial score (nSPS) is 18.4. The van der Waals surface area contributed by atoms with E-state index in [0.29, 0.717) is 32.9 Å². The largest absolute Gasteiger partial charge is 0.465 e. The highest BCUT2D eigenvalue weighted by molar-refractivity contribution is 5.78. The topological polar surface area (TPSA) is 69.5 Å². The van der Waals surface area contributed by atoms with Gasteiger partial charge in [-0.3, -0.25) is 9.69 Å². The van der Waals surface area contributed by atoms with E-state index in [1.54, 1.807) is 4.68 Å². The van der Waals surface area contributed by atoms with Crippen molar-refractivity contribution in [3.63, 3.8) is 0 Å². The SMILES string of the molecule is CCOC(=O)C(C)(CN1CCOCC1)Cn1nnc2ccccc21. The number of nitrogens with zero attached hydrogens (tertiary/aromatic N) is 4. The van der Waals surface area contributed by atoms with E-state index in [2.05, 4.69) is 15.2 Å². The summed E-state index contributed by atoms with van der Waals surface area (Å²) < 4.78 is 12.5. The summed E-state index contributed by atoms with van der Waals surface area (Å²) in [5.74, 6) is -0.198. The molecule has 0 saturated carbocycles. The van der Waals surface area contributed by atoms with Crippen molar-refractivity contribution in [3.05, 3.63) is 24.3 Å². The summed E-state index contributed by atoms with van der Waals surface area (Å²) in [7, 11) is 0. The van der Waals surface area contributed by atoms with Gasteiger partial charge in [0.25, 0.3) is 0 Å². The number of aromatic nitrogens is 3. The summed E-state index contributed by atoms with van der Waals surface area (Å²) in [6.07, 6.45) is 0. The molecule has 1 atom stereocenters. The predicted molar refractivity (Wildman–Crippen MR) is 89.5 cm³/mol. The van der Waals surface area contributed by atoms with Gasteiger partial charge in [-0.2, -0.15) is 0 Å².